The fraction of sp³-hybridized carbons (Fsp3) is 0.154. The van der Waals surface area contributed by atoms with Crippen molar-refractivity contribution in [2.45, 2.75) is 6.42 Å². The van der Waals surface area contributed by atoms with Crippen molar-refractivity contribution in [2.24, 2.45) is 0 Å². The smallest absolute Gasteiger partial charge is 0.311 e. The molecule has 0 radical (unpaired) electrons. The summed E-state index contributed by atoms with van der Waals surface area (Å²) in [5, 5.41) is 4.42. The number of esters is 1. The number of hydrogen-bond donors (Lipinski definition) is 1. The van der Waals surface area contributed by atoms with E-state index < -0.39 is 17.7 Å². The van der Waals surface area contributed by atoms with Crippen LogP contribution in [-0.2, 0) is 16.0 Å². The molecular weight excluding hydrogens is 283 g/mol. The summed E-state index contributed by atoms with van der Waals surface area (Å²) in [6.45, 7) is 0. The molecule has 0 atom stereocenters. The molecule has 1 aromatic carbocycles. The molecule has 1 heterocycles. The average Bonchev–Trinajstić information content (AvgIpc) is 2.86. The molecule has 0 unspecified atom stereocenters. The molecule has 2 aromatic rings. The summed E-state index contributed by atoms with van der Waals surface area (Å²) in [5.41, 5.74) is 0.433. The molecule has 2 rings (SSSR count). The molecule has 5 nitrogen and oxygen atoms in total. The van der Waals surface area contributed by atoms with Gasteiger partial charge in [-0.3, -0.25) is 14.9 Å². The van der Waals surface area contributed by atoms with E-state index in [-0.39, 0.29) is 12.0 Å². The number of amides is 1. The number of nitrogens with one attached hydrogen (secondary N) is 1. The summed E-state index contributed by atoms with van der Waals surface area (Å²) in [5.74, 6) is -1.60. The fourth-order valence-corrected chi connectivity index (χ4v) is 2.18. The molecule has 1 amide bonds. The number of anilines is 1. The molecule has 1 aromatic heterocycles. The van der Waals surface area contributed by atoms with Crippen LogP contribution in [0.5, 0.6) is 0 Å². The molecule has 0 aliphatic carbocycles. The zero-order valence-corrected chi connectivity index (χ0v) is 11.4. The topological polar surface area (TPSA) is 68.3 Å². The molecule has 0 saturated heterocycles. The number of rotatable bonds is 4. The molecule has 0 fully saturated rings. The Hall–Kier alpha value is -2.28. The van der Waals surface area contributed by atoms with Gasteiger partial charge < -0.3 is 4.74 Å². The Kier molecular flexibility index (Phi) is 4.41. The monoisotopic (exact) mass is 294 g/mol. The van der Waals surface area contributed by atoms with Crippen molar-refractivity contribution in [3.63, 3.8) is 0 Å². The Morgan fingerprint density at radius 1 is 1.40 bits per heavy atom. The van der Waals surface area contributed by atoms with Gasteiger partial charge in [0.15, 0.2) is 5.13 Å². The zero-order valence-electron chi connectivity index (χ0n) is 10.6. The van der Waals surface area contributed by atoms with E-state index in [0.29, 0.717) is 10.8 Å². The predicted molar refractivity (Wildman–Crippen MR) is 72.2 cm³/mol. The summed E-state index contributed by atoms with van der Waals surface area (Å²) >= 11 is 1.16. The number of ether oxygens (including phenoxy) is 1. The average molecular weight is 294 g/mol. The number of aromatic nitrogens is 1. The van der Waals surface area contributed by atoms with Gasteiger partial charge in [-0.25, -0.2) is 9.37 Å². The van der Waals surface area contributed by atoms with Crippen molar-refractivity contribution < 1.29 is 18.7 Å². The third-order valence-electron chi connectivity index (χ3n) is 2.44. The second kappa shape index (κ2) is 6.25. The van der Waals surface area contributed by atoms with E-state index in [1.54, 1.807) is 11.4 Å². The van der Waals surface area contributed by atoms with Gasteiger partial charge in [0, 0.05) is 5.38 Å². The minimum absolute atomic E-state index is 0.0303. The SMILES string of the molecule is COC(=O)Cc1csc(NC(=O)c2ccccc2F)n1. The van der Waals surface area contributed by atoms with Crippen LogP contribution < -0.4 is 5.32 Å². The first-order chi connectivity index (χ1) is 9.60. The first kappa shape index (κ1) is 14.1. The Balaban J connectivity index is 2.05. The van der Waals surface area contributed by atoms with Gasteiger partial charge in [0.2, 0.25) is 0 Å². The summed E-state index contributed by atoms with van der Waals surface area (Å²) in [4.78, 5) is 27.0. The highest BCUT2D eigenvalue weighted by Gasteiger charge is 2.13. The van der Waals surface area contributed by atoms with Gasteiger partial charge >= 0.3 is 5.97 Å². The van der Waals surface area contributed by atoms with Gasteiger partial charge in [-0.05, 0) is 12.1 Å². The number of carbonyl (C=O) groups is 2. The number of carbonyl (C=O) groups excluding carboxylic acids is 2. The number of benzene rings is 1. The maximum atomic E-state index is 13.4. The summed E-state index contributed by atoms with van der Waals surface area (Å²) in [6.07, 6.45) is 0.0303. The maximum absolute atomic E-state index is 13.4. The molecule has 0 spiro atoms. The number of nitrogens with zero attached hydrogens (tertiary/aromatic N) is 1. The van der Waals surface area contributed by atoms with Crippen LogP contribution >= 0.6 is 11.3 Å². The van der Waals surface area contributed by atoms with Gasteiger partial charge in [0.1, 0.15) is 5.82 Å². The van der Waals surface area contributed by atoms with Gasteiger partial charge in [0.25, 0.3) is 5.91 Å². The van der Waals surface area contributed by atoms with E-state index in [1.165, 1.54) is 25.3 Å². The predicted octanol–water partition coefficient (Wildman–Crippen LogP) is 2.25. The van der Waals surface area contributed by atoms with Gasteiger partial charge in [0.05, 0.1) is 24.8 Å². The van der Waals surface area contributed by atoms with Crippen molar-refractivity contribution in [2.75, 3.05) is 12.4 Å². The number of methoxy groups -OCH3 is 1. The van der Waals surface area contributed by atoms with Crippen LogP contribution in [0.2, 0.25) is 0 Å². The largest absolute Gasteiger partial charge is 0.469 e. The lowest BCUT2D eigenvalue weighted by molar-refractivity contribution is -0.139. The van der Waals surface area contributed by atoms with E-state index in [1.807, 2.05) is 0 Å². The van der Waals surface area contributed by atoms with E-state index >= 15 is 0 Å². The highest BCUT2D eigenvalue weighted by Crippen LogP contribution is 2.17. The molecule has 104 valence electrons. The molecule has 0 saturated carbocycles. The second-order valence-electron chi connectivity index (χ2n) is 3.83. The highest BCUT2D eigenvalue weighted by molar-refractivity contribution is 7.14. The van der Waals surface area contributed by atoms with Crippen molar-refractivity contribution >= 4 is 28.3 Å². The van der Waals surface area contributed by atoms with Crippen LogP contribution in [0.25, 0.3) is 0 Å². The maximum Gasteiger partial charge on any atom is 0.311 e. The molecule has 0 aliphatic rings. The Morgan fingerprint density at radius 3 is 2.85 bits per heavy atom. The van der Waals surface area contributed by atoms with Crippen LogP contribution in [0, 0.1) is 5.82 Å². The van der Waals surface area contributed by atoms with Gasteiger partial charge in [-0.15, -0.1) is 11.3 Å². The molecule has 20 heavy (non-hydrogen) atoms. The van der Waals surface area contributed by atoms with Crippen molar-refractivity contribution in [3.8, 4) is 0 Å². The quantitative estimate of drug-likeness (QED) is 0.878. The van der Waals surface area contributed by atoms with Crippen molar-refractivity contribution in [1.29, 1.82) is 0 Å². The minimum atomic E-state index is -0.601. The van der Waals surface area contributed by atoms with Crippen LogP contribution in [-0.4, -0.2) is 24.0 Å². The minimum Gasteiger partial charge on any atom is -0.469 e. The van der Waals surface area contributed by atoms with Gasteiger partial charge in [-0.2, -0.15) is 0 Å². The number of hydrogen-bond acceptors (Lipinski definition) is 5. The van der Waals surface area contributed by atoms with Crippen LogP contribution in [0.1, 0.15) is 16.1 Å². The lowest BCUT2D eigenvalue weighted by Gasteiger charge is -2.02. The Bertz CT molecular complexity index is 642. The second-order valence-corrected chi connectivity index (χ2v) is 4.69. The summed E-state index contributed by atoms with van der Waals surface area (Å²) in [6, 6.07) is 5.67. The molecule has 7 heteroatoms. The summed E-state index contributed by atoms with van der Waals surface area (Å²) < 4.78 is 17.9. The lowest BCUT2D eigenvalue weighted by atomic mass is 10.2. The first-order valence-corrected chi connectivity index (χ1v) is 6.55. The molecule has 0 aliphatic heterocycles. The van der Waals surface area contributed by atoms with Gasteiger partial charge in [-0.1, -0.05) is 12.1 Å². The van der Waals surface area contributed by atoms with Crippen LogP contribution in [0.15, 0.2) is 29.6 Å². The molecule has 0 bridgehead atoms. The third-order valence-corrected chi connectivity index (χ3v) is 3.25. The number of thiazole rings is 1. The number of halogens is 1. The van der Waals surface area contributed by atoms with Crippen LogP contribution in [0.4, 0.5) is 9.52 Å². The standard InChI is InChI=1S/C13H11FN2O3S/c1-19-11(17)6-8-7-20-13(15-8)16-12(18)9-4-2-3-5-10(9)14/h2-5,7H,6H2,1H3,(H,15,16,18). The van der Waals surface area contributed by atoms with E-state index in [9.17, 15) is 14.0 Å². The molecule has 1 N–H and O–H groups in total. The first-order valence-electron chi connectivity index (χ1n) is 5.67. The van der Waals surface area contributed by atoms with Crippen LogP contribution in [0.3, 0.4) is 0 Å². The Labute approximate surface area is 118 Å². The van der Waals surface area contributed by atoms with Crippen molar-refractivity contribution in [1.82, 2.24) is 4.98 Å². The normalized spacial score (nSPS) is 10.1. The van der Waals surface area contributed by atoms with Crippen molar-refractivity contribution in [3.05, 3.63) is 46.7 Å². The lowest BCUT2D eigenvalue weighted by Crippen LogP contribution is -2.13. The third kappa shape index (κ3) is 3.39. The van der Waals surface area contributed by atoms with E-state index in [0.717, 1.165) is 11.3 Å². The molecular formula is C13H11FN2O3S. The van der Waals surface area contributed by atoms with E-state index in [4.69, 9.17) is 0 Å². The fourth-order valence-electron chi connectivity index (χ4n) is 1.48. The Morgan fingerprint density at radius 2 is 2.15 bits per heavy atom. The van der Waals surface area contributed by atoms with E-state index in [2.05, 4.69) is 15.0 Å². The summed E-state index contributed by atoms with van der Waals surface area (Å²) in [7, 11) is 1.29. The zero-order chi connectivity index (χ0) is 14.5. The highest BCUT2D eigenvalue weighted by atomic mass is 32.1.